The fraction of sp³-hybridized carbons (Fsp3) is 0.889. The van der Waals surface area contributed by atoms with E-state index in [9.17, 15) is 9.59 Å². The van der Waals surface area contributed by atoms with Gasteiger partial charge in [0.15, 0.2) is 0 Å². The van der Waals surface area contributed by atoms with Gasteiger partial charge >= 0.3 is 0 Å². The largest absolute Gasteiger partial charge is 0.394 e. The zero-order chi connectivity index (χ0) is 20.4. The van der Waals surface area contributed by atoms with Gasteiger partial charge < -0.3 is 36.7 Å². The molecule has 0 aromatic carbocycles. The normalized spacial score (nSPS) is 15.3. The summed E-state index contributed by atoms with van der Waals surface area (Å²) in [5.41, 5.74) is 10.1. The van der Waals surface area contributed by atoms with Crippen LogP contribution in [0.1, 0.15) is 71.1 Å². The van der Waals surface area contributed by atoms with Crippen LogP contribution in [-0.4, -0.2) is 63.6 Å². The molecule has 0 aliphatic heterocycles. The van der Waals surface area contributed by atoms with Gasteiger partial charge in [0.2, 0.25) is 5.91 Å². The van der Waals surface area contributed by atoms with Gasteiger partial charge in [0.05, 0.1) is 12.6 Å². The highest BCUT2D eigenvalue weighted by molar-refractivity contribution is 5.73. The van der Waals surface area contributed by atoms with Crippen molar-refractivity contribution < 1.29 is 30.0 Å². The number of rotatable bonds is 15. The molecule has 1 amide bonds. The third kappa shape index (κ3) is 16.4. The minimum absolute atomic E-state index is 0.159. The second kappa shape index (κ2) is 18.7. The van der Waals surface area contributed by atoms with E-state index < -0.39 is 31.0 Å². The van der Waals surface area contributed by atoms with Crippen molar-refractivity contribution in [1.82, 2.24) is 0 Å². The van der Waals surface area contributed by atoms with Crippen LogP contribution in [0.5, 0.6) is 0 Å². The van der Waals surface area contributed by atoms with Gasteiger partial charge in [-0.05, 0) is 6.42 Å². The Hall–Kier alpha value is -1.06. The lowest BCUT2D eigenvalue weighted by molar-refractivity contribution is -0.118. The lowest BCUT2D eigenvalue weighted by atomic mass is 10.0. The Morgan fingerprint density at radius 2 is 1.38 bits per heavy atom. The second-order valence-electron chi connectivity index (χ2n) is 6.49. The van der Waals surface area contributed by atoms with Gasteiger partial charge in [0, 0.05) is 6.42 Å². The van der Waals surface area contributed by atoms with Crippen molar-refractivity contribution in [2.45, 2.75) is 95.5 Å². The van der Waals surface area contributed by atoms with E-state index in [4.69, 9.17) is 31.9 Å². The van der Waals surface area contributed by atoms with E-state index in [0.717, 1.165) is 12.8 Å². The summed E-state index contributed by atoms with van der Waals surface area (Å²) >= 11 is 0. The second-order valence-corrected chi connectivity index (χ2v) is 6.49. The molecule has 0 spiro atoms. The fourth-order valence-electron chi connectivity index (χ4n) is 2.25. The maximum Gasteiger partial charge on any atom is 0.217 e. The number of aliphatic hydroxyl groups is 4. The monoisotopic (exact) mass is 378 g/mol. The molecule has 8 heteroatoms. The number of nitrogens with two attached hydrogens (primary N) is 2. The molecule has 0 saturated carbocycles. The summed E-state index contributed by atoms with van der Waals surface area (Å²) in [7, 11) is 0. The number of amides is 1. The van der Waals surface area contributed by atoms with Crippen LogP contribution in [0.25, 0.3) is 0 Å². The van der Waals surface area contributed by atoms with Crippen LogP contribution in [0.15, 0.2) is 0 Å². The number of primary amides is 1. The quantitative estimate of drug-likeness (QED) is 0.172. The topological polar surface area (TPSA) is 167 Å². The molecule has 0 aromatic rings. The highest BCUT2D eigenvalue weighted by Gasteiger charge is 2.28. The van der Waals surface area contributed by atoms with Gasteiger partial charge in [-0.15, -0.1) is 0 Å². The fourth-order valence-corrected chi connectivity index (χ4v) is 2.25. The molecule has 8 N–H and O–H groups in total. The summed E-state index contributed by atoms with van der Waals surface area (Å²) in [6, 6.07) is -1.26. The Morgan fingerprint density at radius 3 is 1.77 bits per heavy atom. The summed E-state index contributed by atoms with van der Waals surface area (Å²) < 4.78 is 0. The van der Waals surface area contributed by atoms with E-state index in [-0.39, 0.29) is 12.2 Å². The van der Waals surface area contributed by atoms with Gasteiger partial charge in [-0.2, -0.15) is 0 Å². The number of carbonyl (C=O) groups excluding carboxylic acids is 2. The number of aldehydes is 1. The van der Waals surface area contributed by atoms with E-state index in [0.29, 0.717) is 6.42 Å². The van der Waals surface area contributed by atoms with Crippen molar-refractivity contribution in [2.75, 3.05) is 6.61 Å². The molecule has 0 aliphatic carbocycles. The van der Waals surface area contributed by atoms with Crippen LogP contribution in [0.2, 0.25) is 0 Å². The molecular weight excluding hydrogens is 340 g/mol. The highest BCUT2D eigenvalue weighted by Crippen LogP contribution is 2.10. The minimum atomic E-state index is -1.62. The summed E-state index contributed by atoms with van der Waals surface area (Å²) in [5.74, 6) is -0.159. The average Bonchev–Trinajstić information content (AvgIpc) is 2.64. The van der Waals surface area contributed by atoms with Crippen LogP contribution < -0.4 is 11.5 Å². The molecule has 26 heavy (non-hydrogen) atoms. The number of hydrogen-bond donors (Lipinski definition) is 6. The van der Waals surface area contributed by atoms with Gasteiger partial charge in [-0.25, -0.2) is 0 Å². The van der Waals surface area contributed by atoms with Gasteiger partial charge in [0.1, 0.15) is 24.6 Å². The predicted molar refractivity (Wildman–Crippen MR) is 100 cm³/mol. The highest BCUT2D eigenvalue weighted by atomic mass is 16.4. The van der Waals surface area contributed by atoms with Crippen LogP contribution in [0.3, 0.4) is 0 Å². The lowest BCUT2D eigenvalue weighted by Crippen LogP contribution is -2.49. The molecule has 0 rings (SSSR count). The smallest absolute Gasteiger partial charge is 0.217 e. The molecule has 0 bridgehead atoms. The van der Waals surface area contributed by atoms with Crippen molar-refractivity contribution >= 4 is 12.2 Å². The van der Waals surface area contributed by atoms with E-state index >= 15 is 0 Å². The van der Waals surface area contributed by atoms with Crippen molar-refractivity contribution in [1.29, 1.82) is 0 Å². The van der Waals surface area contributed by atoms with Crippen molar-refractivity contribution in [3.05, 3.63) is 0 Å². The SMILES string of the molecule is CCCCCCCCCCCC(N)=O.N[C@@H](C=O)[C@@H](O)[C@H](O)[C@H](O)CO. The van der Waals surface area contributed by atoms with Crippen LogP contribution in [-0.2, 0) is 9.59 Å². The average molecular weight is 379 g/mol. The number of aliphatic hydroxyl groups excluding tert-OH is 4. The summed E-state index contributed by atoms with van der Waals surface area (Å²) in [6.07, 6.45) is 7.68. The first-order valence-electron chi connectivity index (χ1n) is 9.45. The number of hydrogen-bond acceptors (Lipinski definition) is 7. The predicted octanol–water partition coefficient (Wildman–Crippen LogP) is -0.0198. The van der Waals surface area contributed by atoms with Crippen molar-refractivity contribution in [3.8, 4) is 0 Å². The Morgan fingerprint density at radius 1 is 0.923 bits per heavy atom. The molecule has 156 valence electrons. The van der Waals surface area contributed by atoms with Gasteiger partial charge in [0.25, 0.3) is 0 Å². The molecule has 8 nitrogen and oxygen atoms in total. The zero-order valence-corrected chi connectivity index (χ0v) is 15.9. The molecule has 0 unspecified atom stereocenters. The molecular formula is C18H38N2O6. The maximum absolute atomic E-state index is 10.4. The molecule has 4 atom stereocenters. The summed E-state index contributed by atoms with van der Waals surface area (Å²) in [6.45, 7) is 1.54. The van der Waals surface area contributed by atoms with E-state index in [1.807, 2.05) is 0 Å². The Bertz CT molecular complexity index is 344. The molecule has 0 saturated heterocycles. The standard InChI is InChI=1S/C12H25NO.C6H13NO5/c1-2-3-4-5-6-7-8-9-10-11-12(13)14;7-3(1-8)5(11)6(12)4(10)2-9/h2-11H2,1H3,(H2,13,14);1,3-6,9-12H,2,7H2/t;3-,4+,5+,6+/m.0/s1. The van der Waals surface area contributed by atoms with E-state index in [1.165, 1.54) is 44.9 Å². The van der Waals surface area contributed by atoms with Crippen LogP contribution in [0, 0.1) is 0 Å². The lowest BCUT2D eigenvalue weighted by Gasteiger charge is -2.23. The van der Waals surface area contributed by atoms with Crippen molar-refractivity contribution in [3.63, 3.8) is 0 Å². The van der Waals surface area contributed by atoms with E-state index in [1.54, 1.807) is 0 Å². The molecule has 0 aliphatic rings. The number of carbonyl (C=O) groups is 2. The number of unbranched alkanes of at least 4 members (excludes halogenated alkanes) is 8. The minimum Gasteiger partial charge on any atom is -0.394 e. The van der Waals surface area contributed by atoms with Gasteiger partial charge in [-0.1, -0.05) is 58.3 Å². The first-order valence-corrected chi connectivity index (χ1v) is 9.45. The Kier molecular flexibility index (Phi) is 19.6. The van der Waals surface area contributed by atoms with Crippen LogP contribution in [0.4, 0.5) is 0 Å². The van der Waals surface area contributed by atoms with Gasteiger partial charge in [-0.3, -0.25) is 4.79 Å². The Balaban J connectivity index is 0. The Labute approximate surface area is 156 Å². The zero-order valence-electron chi connectivity index (χ0n) is 15.9. The summed E-state index contributed by atoms with van der Waals surface area (Å²) in [4.78, 5) is 20.5. The van der Waals surface area contributed by atoms with Crippen molar-refractivity contribution in [2.24, 2.45) is 11.5 Å². The third-order valence-corrected chi connectivity index (χ3v) is 4.01. The summed E-state index contributed by atoms with van der Waals surface area (Å²) in [5, 5.41) is 35.2. The maximum atomic E-state index is 10.4. The van der Waals surface area contributed by atoms with E-state index in [2.05, 4.69) is 6.92 Å². The first kappa shape index (κ1) is 27.2. The van der Waals surface area contributed by atoms with Crippen LogP contribution >= 0.6 is 0 Å². The molecule has 0 radical (unpaired) electrons. The first-order chi connectivity index (χ1) is 12.3. The third-order valence-electron chi connectivity index (χ3n) is 4.01. The molecule has 0 aromatic heterocycles. The molecule has 0 fully saturated rings. The molecule has 0 heterocycles.